The summed E-state index contributed by atoms with van der Waals surface area (Å²) >= 11 is 2.05. The summed E-state index contributed by atoms with van der Waals surface area (Å²) in [6, 6.07) is 5.91. The van der Waals surface area contributed by atoms with Crippen LogP contribution in [0, 0.1) is 5.92 Å². The van der Waals surface area contributed by atoms with Gasteiger partial charge in [0.25, 0.3) is 0 Å². The monoisotopic (exact) mass is 267 g/mol. The van der Waals surface area contributed by atoms with Gasteiger partial charge in [-0.05, 0) is 42.5 Å². The summed E-state index contributed by atoms with van der Waals surface area (Å²) in [5, 5.41) is 3.52. The molecule has 2 rings (SSSR count). The Labute approximate surface area is 113 Å². The maximum atomic E-state index is 5.39. The minimum absolute atomic E-state index is 0.800. The highest BCUT2D eigenvalue weighted by Crippen LogP contribution is 2.28. The van der Waals surface area contributed by atoms with Crippen molar-refractivity contribution in [2.45, 2.75) is 13.0 Å². The van der Waals surface area contributed by atoms with E-state index in [0.29, 0.717) is 0 Å². The van der Waals surface area contributed by atoms with E-state index in [2.05, 4.69) is 17.1 Å². The van der Waals surface area contributed by atoms with Crippen molar-refractivity contribution in [2.24, 2.45) is 5.92 Å². The number of hydrogen-bond donors (Lipinski definition) is 1. The zero-order chi connectivity index (χ0) is 12.8. The van der Waals surface area contributed by atoms with Crippen molar-refractivity contribution in [2.75, 3.05) is 32.3 Å². The smallest absolute Gasteiger partial charge is 0.127 e. The van der Waals surface area contributed by atoms with Crippen LogP contribution >= 0.6 is 11.8 Å². The molecule has 3 nitrogen and oxygen atoms in total. The third-order valence-corrected chi connectivity index (χ3v) is 4.52. The SMILES string of the molecule is COc1cccc(OC)c1CNCC1CCSC1. The lowest BCUT2D eigenvalue weighted by atomic mass is 10.1. The summed E-state index contributed by atoms with van der Waals surface area (Å²) in [5.41, 5.74) is 1.10. The Morgan fingerprint density at radius 3 is 2.56 bits per heavy atom. The molecule has 1 fully saturated rings. The molecule has 1 saturated heterocycles. The molecule has 4 heteroatoms. The van der Waals surface area contributed by atoms with E-state index in [1.807, 2.05) is 18.2 Å². The highest BCUT2D eigenvalue weighted by molar-refractivity contribution is 7.99. The van der Waals surface area contributed by atoms with Gasteiger partial charge in [0.05, 0.1) is 14.2 Å². The van der Waals surface area contributed by atoms with Crippen LogP contribution in [-0.4, -0.2) is 32.3 Å². The minimum atomic E-state index is 0.800. The summed E-state index contributed by atoms with van der Waals surface area (Å²) < 4.78 is 10.8. The second-order valence-corrected chi connectivity index (χ2v) is 5.65. The molecular weight excluding hydrogens is 246 g/mol. The van der Waals surface area contributed by atoms with Gasteiger partial charge in [-0.25, -0.2) is 0 Å². The van der Waals surface area contributed by atoms with Gasteiger partial charge >= 0.3 is 0 Å². The number of nitrogens with one attached hydrogen (secondary N) is 1. The van der Waals surface area contributed by atoms with Crippen molar-refractivity contribution in [1.82, 2.24) is 5.32 Å². The van der Waals surface area contributed by atoms with E-state index >= 15 is 0 Å². The van der Waals surface area contributed by atoms with Crippen molar-refractivity contribution < 1.29 is 9.47 Å². The van der Waals surface area contributed by atoms with E-state index in [1.165, 1.54) is 17.9 Å². The Kier molecular flexibility index (Phi) is 5.20. The van der Waals surface area contributed by atoms with Crippen LogP contribution in [0.25, 0.3) is 0 Å². The lowest BCUT2D eigenvalue weighted by Crippen LogP contribution is -2.22. The molecule has 1 heterocycles. The predicted octanol–water partition coefficient (Wildman–Crippen LogP) is 2.55. The van der Waals surface area contributed by atoms with E-state index in [4.69, 9.17) is 9.47 Å². The van der Waals surface area contributed by atoms with Crippen molar-refractivity contribution >= 4 is 11.8 Å². The van der Waals surface area contributed by atoms with Gasteiger partial charge in [-0.2, -0.15) is 11.8 Å². The van der Waals surface area contributed by atoms with E-state index in [1.54, 1.807) is 14.2 Å². The molecule has 0 aliphatic carbocycles. The Hall–Kier alpha value is -0.870. The Morgan fingerprint density at radius 2 is 2.00 bits per heavy atom. The molecule has 0 radical (unpaired) electrons. The Morgan fingerprint density at radius 1 is 1.28 bits per heavy atom. The van der Waals surface area contributed by atoms with Crippen LogP contribution in [0.2, 0.25) is 0 Å². The number of methoxy groups -OCH3 is 2. The van der Waals surface area contributed by atoms with Gasteiger partial charge in [-0.1, -0.05) is 6.07 Å². The van der Waals surface area contributed by atoms with E-state index in [0.717, 1.165) is 36.1 Å². The van der Waals surface area contributed by atoms with Crippen LogP contribution in [0.5, 0.6) is 11.5 Å². The molecular formula is C14H21NO2S. The van der Waals surface area contributed by atoms with Crippen molar-refractivity contribution in [3.8, 4) is 11.5 Å². The molecule has 1 aromatic carbocycles. The zero-order valence-corrected chi connectivity index (χ0v) is 11.9. The fourth-order valence-electron chi connectivity index (χ4n) is 2.25. The lowest BCUT2D eigenvalue weighted by molar-refractivity contribution is 0.380. The number of thioether (sulfide) groups is 1. The molecule has 1 aromatic rings. The van der Waals surface area contributed by atoms with Crippen LogP contribution in [0.1, 0.15) is 12.0 Å². The summed E-state index contributed by atoms with van der Waals surface area (Å²) in [6.45, 7) is 1.88. The molecule has 18 heavy (non-hydrogen) atoms. The molecule has 1 unspecified atom stereocenters. The van der Waals surface area contributed by atoms with Gasteiger partial charge in [0.1, 0.15) is 11.5 Å². The van der Waals surface area contributed by atoms with Gasteiger partial charge in [0.2, 0.25) is 0 Å². The van der Waals surface area contributed by atoms with Gasteiger partial charge in [-0.3, -0.25) is 0 Å². The predicted molar refractivity (Wildman–Crippen MR) is 76.7 cm³/mol. The molecule has 1 atom stereocenters. The maximum Gasteiger partial charge on any atom is 0.127 e. The van der Waals surface area contributed by atoms with Gasteiger partial charge < -0.3 is 14.8 Å². The lowest BCUT2D eigenvalue weighted by Gasteiger charge is -2.15. The molecule has 100 valence electrons. The van der Waals surface area contributed by atoms with Crippen LogP contribution in [0.4, 0.5) is 0 Å². The van der Waals surface area contributed by atoms with Crippen molar-refractivity contribution in [3.63, 3.8) is 0 Å². The third kappa shape index (κ3) is 3.33. The first-order valence-electron chi connectivity index (χ1n) is 6.33. The minimum Gasteiger partial charge on any atom is -0.496 e. The first kappa shape index (κ1) is 13.6. The third-order valence-electron chi connectivity index (χ3n) is 3.29. The molecule has 0 saturated carbocycles. The average Bonchev–Trinajstić information content (AvgIpc) is 2.92. The van der Waals surface area contributed by atoms with Crippen molar-refractivity contribution in [1.29, 1.82) is 0 Å². The summed E-state index contributed by atoms with van der Waals surface area (Å²) in [6.07, 6.45) is 1.33. The number of ether oxygens (including phenoxy) is 2. The fourth-order valence-corrected chi connectivity index (χ4v) is 3.53. The number of benzene rings is 1. The summed E-state index contributed by atoms with van der Waals surface area (Å²) in [5.74, 6) is 5.20. The van der Waals surface area contributed by atoms with Gasteiger partial charge in [-0.15, -0.1) is 0 Å². The Bertz CT molecular complexity index is 356. The van der Waals surface area contributed by atoms with Gasteiger partial charge in [0, 0.05) is 12.1 Å². The quantitative estimate of drug-likeness (QED) is 0.858. The average molecular weight is 267 g/mol. The van der Waals surface area contributed by atoms with Crippen molar-refractivity contribution in [3.05, 3.63) is 23.8 Å². The van der Waals surface area contributed by atoms with Crippen LogP contribution in [0.15, 0.2) is 18.2 Å². The topological polar surface area (TPSA) is 30.5 Å². The Balaban J connectivity index is 1.94. The summed E-state index contributed by atoms with van der Waals surface area (Å²) in [4.78, 5) is 0. The van der Waals surface area contributed by atoms with Gasteiger partial charge in [0.15, 0.2) is 0 Å². The van der Waals surface area contributed by atoms with E-state index < -0.39 is 0 Å². The maximum absolute atomic E-state index is 5.39. The number of rotatable bonds is 6. The molecule has 0 spiro atoms. The van der Waals surface area contributed by atoms with E-state index in [9.17, 15) is 0 Å². The second-order valence-electron chi connectivity index (χ2n) is 4.50. The first-order valence-corrected chi connectivity index (χ1v) is 7.49. The molecule has 0 amide bonds. The standard InChI is InChI=1S/C14H21NO2S/c1-16-13-4-3-5-14(17-2)12(13)9-15-8-11-6-7-18-10-11/h3-5,11,15H,6-10H2,1-2H3. The summed E-state index contributed by atoms with van der Waals surface area (Å²) in [7, 11) is 3.40. The molecule has 1 aliphatic rings. The highest BCUT2D eigenvalue weighted by Gasteiger charge is 2.15. The highest BCUT2D eigenvalue weighted by atomic mass is 32.2. The van der Waals surface area contributed by atoms with E-state index in [-0.39, 0.29) is 0 Å². The molecule has 1 aliphatic heterocycles. The van der Waals surface area contributed by atoms with Crippen LogP contribution in [-0.2, 0) is 6.54 Å². The number of hydrogen-bond acceptors (Lipinski definition) is 4. The molecule has 0 bridgehead atoms. The normalized spacial score (nSPS) is 18.9. The van der Waals surface area contributed by atoms with Crippen LogP contribution < -0.4 is 14.8 Å². The zero-order valence-electron chi connectivity index (χ0n) is 11.1. The fraction of sp³-hybridized carbons (Fsp3) is 0.571. The van der Waals surface area contributed by atoms with Crippen LogP contribution in [0.3, 0.4) is 0 Å². The molecule has 0 aromatic heterocycles. The molecule has 1 N–H and O–H groups in total. The second kappa shape index (κ2) is 6.90. The largest absolute Gasteiger partial charge is 0.496 e. The first-order chi connectivity index (χ1) is 8.85.